The Hall–Kier alpha value is -0.0800. The maximum atomic E-state index is 5.21. The molecule has 0 aliphatic rings. The van der Waals surface area contributed by atoms with Gasteiger partial charge in [0.15, 0.2) is 0 Å². The molecule has 2 nitrogen and oxygen atoms in total. The van der Waals surface area contributed by atoms with Gasteiger partial charge < -0.3 is 9.47 Å². The highest BCUT2D eigenvalue weighted by atomic mass is 16.5. The molecule has 0 fully saturated rings. The van der Waals surface area contributed by atoms with Crippen molar-refractivity contribution in [3.63, 3.8) is 0 Å². The van der Waals surface area contributed by atoms with Gasteiger partial charge in [0.1, 0.15) is 0 Å². The lowest BCUT2D eigenvalue weighted by Gasteiger charge is -2.24. The van der Waals surface area contributed by atoms with E-state index in [-0.39, 0.29) is 6.10 Å². The van der Waals surface area contributed by atoms with Gasteiger partial charge in [-0.1, -0.05) is 13.8 Å². The molecule has 0 heterocycles. The van der Waals surface area contributed by atoms with Crippen LogP contribution in [-0.4, -0.2) is 26.9 Å². The highest BCUT2D eigenvalue weighted by molar-refractivity contribution is 4.98. The lowest BCUT2D eigenvalue weighted by atomic mass is 9.92. The average Bonchev–Trinajstić information content (AvgIpc) is 1.98. The molecule has 0 aromatic carbocycles. The van der Waals surface area contributed by atoms with Crippen molar-refractivity contribution in [3.8, 4) is 0 Å². The smallest absolute Gasteiger partial charge is 0.0631 e. The van der Waals surface area contributed by atoms with E-state index in [0.29, 0.717) is 12.5 Å². The first-order chi connectivity index (χ1) is 5.13. The summed E-state index contributed by atoms with van der Waals surface area (Å²) in [7, 11) is 3.44. The van der Waals surface area contributed by atoms with Gasteiger partial charge in [-0.15, -0.1) is 0 Å². The average molecular weight is 159 g/mol. The van der Waals surface area contributed by atoms with Gasteiger partial charge in [0.2, 0.25) is 0 Å². The summed E-state index contributed by atoms with van der Waals surface area (Å²) in [6.45, 7) is 7.06. The number of hydrogen-bond acceptors (Lipinski definition) is 2. The van der Waals surface area contributed by atoms with Crippen LogP contribution in [0.5, 0.6) is 0 Å². The molecule has 0 N–H and O–H groups in total. The third-order valence-electron chi connectivity index (χ3n) is 1.93. The van der Waals surface area contributed by atoms with Crippen molar-refractivity contribution in [2.75, 3.05) is 20.8 Å². The standard InChI is InChI=1S/C9H19O2/c1-7(2)9(6-10-4)8(3)11-5/h7-8H,6H2,1-5H3. The second-order valence-corrected chi connectivity index (χ2v) is 3.04. The predicted octanol–water partition coefficient (Wildman–Crippen LogP) is 1.90. The number of hydrogen-bond donors (Lipinski definition) is 0. The fraction of sp³-hybridized carbons (Fsp3) is 0.889. The highest BCUT2D eigenvalue weighted by Crippen LogP contribution is 2.19. The maximum absolute atomic E-state index is 5.21. The molecule has 0 aromatic heterocycles. The molecular formula is C9H19O2. The number of methoxy groups -OCH3 is 2. The molecule has 67 valence electrons. The third kappa shape index (κ3) is 3.73. The summed E-state index contributed by atoms with van der Waals surface area (Å²) in [4.78, 5) is 0. The van der Waals surface area contributed by atoms with Crippen LogP contribution in [-0.2, 0) is 9.47 Å². The van der Waals surface area contributed by atoms with Gasteiger partial charge in [0.25, 0.3) is 0 Å². The Morgan fingerprint density at radius 2 is 1.73 bits per heavy atom. The maximum Gasteiger partial charge on any atom is 0.0631 e. The van der Waals surface area contributed by atoms with E-state index in [1.54, 1.807) is 14.2 Å². The molecule has 11 heavy (non-hydrogen) atoms. The van der Waals surface area contributed by atoms with E-state index < -0.39 is 0 Å². The second kappa shape index (κ2) is 5.56. The van der Waals surface area contributed by atoms with E-state index in [2.05, 4.69) is 13.8 Å². The molecule has 1 radical (unpaired) electrons. The summed E-state index contributed by atoms with van der Waals surface area (Å²) in [5.74, 6) is 1.85. The molecule has 1 atom stereocenters. The molecule has 2 heteroatoms. The van der Waals surface area contributed by atoms with E-state index >= 15 is 0 Å². The molecule has 0 aliphatic heterocycles. The van der Waals surface area contributed by atoms with E-state index in [4.69, 9.17) is 9.47 Å². The SMILES string of the molecule is COC[C](C(C)C)C(C)OC. The first-order valence-corrected chi connectivity index (χ1v) is 4.00. The quantitative estimate of drug-likeness (QED) is 0.610. The van der Waals surface area contributed by atoms with Crippen molar-refractivity contribution in [3.05, 3.63) is 5.92 Å². The minimum absolute atomic E-state index is 0.204. The van der Waals surface area contributed by atoms with Crippen LogP contribution in [0.3, 0.4) is 0 Å². The number of rotatable bonds is 5. The normalized spacial score (nSPS) is 14.5. The second-order valence-electron chi connectivity index (χ2n) is 3.04. The van der Waals surface area contributed by atoms with Gasteiger partial charge in [-0.25, -0.2) is 0 Å². The van der Waals surface area contributed by atoms with Crippen LogP contribution in [0.15, 0.2) is 0 Å². The Morgan fingerprint density at radius 3 is 2.00 bits per heavy atom. The van der Waals surface area contributed by atoms with Gasteiger partial charge in [-0.05, 0) is 12.8 Å². The molecule has 0 spiro atoms. The van der Waals surface area contributed by atoms with E-state index in [1.807, 2.05) is 6.92 Å². The van der Waals surface area contributed by atoms with Crippen molar-refractivity contribution < 1.29 is 9.47 Å². The largest absolute Gasteiger partial charge is 0.384 e. The minimum atomic E-state index is 0.204. The predicted molar refractivity (Wildman–Crippen MR) is 46.4 cm³/mol. The van der Waals surface area contributed by atoms with Gasteiger partial charge in [-0.2, -0.15) is 0 Å². The molecule has 0 rings (SSSR count). The van der Waals surface area contributed by atoms with Gasteiger partial charge in [-0.3, -0.25) is 0 Å². The Balaban J connectivity index is 3.87. The molecular weight excluding hydrogens is 140 g/mol. The Morgan fingerprint density at radius 1 is 1.18 bits per heavy atom. The first-order valence-electron chi connectivity index (χ1n) is 4.00. The van der Waals surface area contributed by atoms with Gasteiger partial charge in [0, 0.05) is 20.1 Å². The van der Waals surface area contributed by atoms with E-state index in [1.165, 1.54) is 5.92 Å². The summed E-state index contributed by atoms with van der Waals surface area (Å²) in [5.41, 5.74) is 0. The molecule has 0 saturated heterocycles. The van der Waals surface area contributed by atoms with Crippen LogP contribution in [0.2, 0.25) is 0 Å². The highest BCUT2D eigenvalue weighted by Gasteiger charge is 2.20. The minimum Gasteiger partial charge on any atom is -0.384 e. The topological polar surface area (TPSA) is 18.5 Å². The van der Waals surface area contributed by atoms with Crippen LogP contribution in [0.25, 0.3) is 0 Å². The fourth-order valence-electron chi connectivity index (χ4n) is 1.07. The van der Waals surface area contributed by atoms with Crippen molar-refractivity contribution in [1.29, 1.82) is 0 Å². The van der Waals surface area contributed by atoms with Crippen molar-refractivity contribution in [1.82, 2.24) is 0 Å². The molecule has 0 saturated carbocycles. The summed E-state index contributed by atoms with van der Waals surface area (Å²) >= 11 is 0. The van der Waals surface area contributed by atoms with Crippen molar-refractivity contribution in [2.24, 2.45) is 5.92 Å². The molecule has 0 bridgehead atoms. The molecule has 0 aliphatic carbocycles. The Kier molecular flexibility index (Phi) is 5.51. The van der Waals surface area contributed by atoms with Crippen LogP contribution in [0.1, 0.15) is 20.8 Å². The van der Waals surface area contributed by atoms with Crippen LogP contribution < -0.4 is 0 Å². The zero-order chi connectivity index (χ0) is 8.85. The third-order valence-corrected chi connectivity index (χ3v) is 1.93. The Bertz CT molecular complexity index is 91.6. The van der Waals surface area contributed by atoms with Crippen molar-refractivity contribution in [2.45, 2.75) is 26.9 Å². The summed E-state index contributed by atoms with van der Waals surface area (Å²) in [5, 5.41) is 0. The zero-order valence-corrected chi connectivity index (χ0v) is 8.18. The van der Waals surface area contributed by atoms with E-state index in [9.17, 15) is 0 Å². The fourth-order valence-corrected chi connectivity index (χ4v) is 1.07. The van der Waals surface area contributed by atoms with Gasteiger partial charge in [0.05, 0.1) is 12.7 Å². The Labute approximate surface area is 69.9 Å². The lowest BCUT2D eigenvalue weighted by Crippen LogP contribution is -2.26. The number of ether oxygens (including phenoxy) is 2. The molecule has 1 unspecified atom stereocenters. The van der Waals surface area contributed by atoms with Gasteiger partial charge >= 0.3 is 0 Å². The van der Waals surface area contributed by atoms with Crippen LogP contribution >= 0.6 is 0 Å². The van der Waals surface area contributed by atoms with Crippen LogP contribution in [0, 0.1) is 11.8 Å². The first kappa shape index (κ1) is 10.9. The van der Waals surface area contributed by atoms with Crippen molar-refractivity contribution >= 4 is 0 Å². The summed E-state index contributed by atoms with van der Waals surface area (Å²) in [6, 6.07) is 0. The van der Waals surface area contributed by atoms with E-state index in [0.717, 1.165) is 0 Å². The zero-order valence-electron chi connectivity index (χ0n) is 8.18. The van der Waals surface area contributed by atoms with Crippen LogP contribution in [0.4, 0.5) is 0 Å². The molecule has 0 amide bonds. The monoisotopic (exact) mass is 159 g/mol. The molecule has 0 aromatic rings. The summed E-state index contributed by atoms with van der Waals surface area (Å²) in [6.07, 6.45) is 0.204. The summed E-state index contributed by atoms with van der Waals surface area (Å²) < 4.78 is 10.3. The lowest BCUT2D eigenvalue weighted by molar-refractivity contribution is 0.0849.